The zero-order chi connectivity index (χ0) is 16.2. The summed E-state index contributed by atoms with van der Waals surface area (Å²) >= 11 is 3.12. The lowest BCUT2D eigenvalue weighted by Crippen LogP contribution is -2.37. The zero-order valence-electron chi connectivity index (χ0n) is 12.8. The Morgan fingerprint density at radius 3 is 2.87 bits per heavy atom. The first kappa shape index (κ1) is 16.1. The van der Waals surface area contributed by atoms with E-state index in [1.807, 2.05) is 23.6 Å². The molecule has 0 spiro atoms. The summed E-state index contributed by atoms with van der Waals surface area (Å²) in [5, 5.41) is 8.51. The van der Waals surface area contributed by atoms with Crippen LogP contribution in [0.25, 0.3) is 11.3 Å². The van der Waals surface area contributed by atoms with Crippen molar-refractivity contribution >= 4 is 34.1 Å². The van der Waals surface area contributed by atoms with Gasteiger partial charge in [-0.2, -0.15) is 0 Å². The number of hydrogen-bond donors (Lipinski definition) is 2. The van der Waals surface area contributed by atoms with E-state index >= 15 is 0 Å². The van der Waals surface area contributed by atoms with Gasteiger partial charge >= 0.3 is 0 Å². The Morgan fingerprint density at radius 2 is 2.17 bits per heavy atom. The summed E-state index contributed by atoms with van der Waals surface area (Å²) in [5.74, 6) is 2.89. The minimum Gasteiger partial charge on any atom is -0.493 e. The molecule has 0 bridgehead atoms. The molecule has 2 aromatic rings. The summed E-state index contributed by atoms with van der Waals surface area (Å²) in [5.41, 5.74) is 1.70. The van der Waals surface area contributed by atoms with Gasteiger partial charge in [0.15, 0.2) is 16.6 Å². The first-order chi connectivity index (χ1) is 11.2. The molecule has 0 saturated carbocycles. The number of hydrogen-bond acceptors (Lipinski definition) is 7. The number of anilines is 1. The van der Waals surface area contributed by atoms with Crippen molar-refractivity contribution in [1.82, 2.24) is 10.3 Å². The van der Waals surface area contributed by atoms with Crippen LogP contribution in [0.15, 0.2) is 23.6 Å². The normalized spacial score (nSPS) is 17.0. The molecule has 2 heterocycles. The van der Waals surface area contributed by atoms with Crippen molar-refractivity contribution < 1.29 is 14.3 Å². The van der Waals surface area contributed by atoms with Crippen molar-refractivity contribution in [3.8, 4) is 22.8 Å². The number of aromatic nitrogens is 1. The van der Waals surface area contributed by atoms with E-state index in [0.717, 1.165) is 22.9 Å². The third-order valence-corrected chi connectivity index (χ3v) is 5.14. The van der Waals surface area contributed by atoms with E-state index in [-0.39, 0.29) is 11.9 Å². The molecule has 6 nitrogen and oxygen atoms in total. The lowest BCUT2D eigenvalue weighted by molar-refractivity contribution is -0.117. The third-order valence-electron chi connectivity index (χ3n) is 3.45. The number of nitrogens with one attached hydrogen (secondary N) is 2. The van der Waals surface area contributed by atoms with Crippen molar-refractivity contribution in [3.05, 3.63) is 23.6 Å². The molecule has 0 radical (unpaired) electrons. The predicted molar refractivity (Wildman–Crippen MR) is 93.5 cm³/mol. The highest BCUT2D eigenvalue weighted by Crippen LogP contribution is 2.33. The van der Waals surface area contributed by atoms with Crippen LogP contribution in [0.3, 0.4) is 0 Å². The molecule has 1 aliphatic rings. The highest BCUT2D eigenvalue weighted by atomic mass is 32.2. The van der Waals surface area contributed by atoms with Gasteiger partial charge in [0.2, 0.25) is 5.91 Å². The molecule has 122 valence electrons. The number of rotatable bonds is 5. The molecule has 1 saturated heterocycles. The lowest BCUT2D eigenvalue weighted by Gasteiger charge is -2.08. The number of carbonyl (C=O) groups is 1. The Kier molecular flexibility index (Phi) is 5.04. The number of thiazole rings is 1. The predicted octanol–water partition coefficient (Wildman–Crippen LogP) is 2.43. The minimum absolute atomic E-state index is 0.0387. The van der Waals surface area contributed by atoms with E-state index in [1.54, 1.807) is 26.0 Å². The maximum Gasteiger partial charge on any atom is 0.244 e. The smallest absolute Gasteiger partial charge is 0.244 e. The highest BCUT2D eigenvalue weighted by molar-refractivity contribution is 7.99. The van der Waals surface area contributed by atoms with Crippen LogP contribution in [0.2, 0.25) is 0 Å². The van der Waals surface area contributed by atoms with Crippen LogP contribution in [0, 0.1) is 0 Å². The Hall–Kier alpha value is -1.77. The van der Waals surface area contributed by atoms with Crippen molar-refractivity contribution in [2.24, 2.45) is 0 Å². The SMILES string of the molecule is COc1ccc(-c2csc(NC(=O)C3CSCN3)n2)cc1OC. The minimum atomic E-state index is -0.145. The Morgan fingerprint density at radius 1 is 1.35 bits per heavy atom. The van der Waals surface area contributed by atoms with Gasteiger partial charge in [-0.05, 0) is 18.2 Å². The fourth-order valence-corrected chi connectivity index (χ4v) is 3.88. The highest BCUT2D eigenvalue weighted by Gasteiger charge is 2.23. The molecule has 1 aromatic heterocycles. The molecule has 23 heavy (non-hydrogen) atoms. The number of thioether (sulfide) groups is 1. The van der Waals surface area contributed by atoms with Gasteiger partial charge in [0.25, 0.3) is 0 Å². The summed E-state index contributed by atoms with van der Waals surface area (Å²) in [6, 6.07) is 5.48. The molecule has 2 N–H and O–H groups in total. The summed E-state index contributed by atoms with van der Waals surface area (Å²) < 4.78 is 10.5. The van der Waals surface area contributed by atoms with Gasteiger partial charge in [0.05, 0.1) is 26.0 Å². The van der Waals surface area contributed by atoms with E-state index in [9.17, 15) is 4.79 Å². The van der Waals surface area contributed by atoms with Crippen LogP contribution in [0.1, 0.15) is 0 Å². The second-order valence-corrected chi connectivity index (χ2v) is 6.76. The number of ether oxygens (including phenoxy) is 2. The largest absolute Gasteiger partial charge is 0.493 e. The molecule has 3 rings (SSSR count). The number of amides is 1. The standard InChI is InChI=1S/C15H17N3O3S2/c1-20-12-4-3-9(5-13(12)21-2)10-7-23-15(17-10)18-14(19)11-6-22-8-16-11/h3-5,7,11,16H,6,8H2,1-2H3,(H,17,18,19). The topological polar surface area (TPSA) is 72.5 Å². The quantitative estimate of drug-likeness (QED) is 0.862. The molecule has 8 heteroatoms. The van der Waals surface area contributed by atoms with E-state index in [0.29, 0.717) is 16.6 Å². The third kappa shape index (κ3) is 3.60. The van der Waals surface area contributed by atoms with Crippen LogP contribution in [-0.4, -0.2) is 42.8 Å². The van der Waals surface area contributed by atoms with Crippen molar-refractivity contribution in [3.63, 3.8) is 0 Å². The molecule has 1 fully saturated rings. The first-order valence-corrected chi connectivity index (χ1v) is 9.04. The molecular formula is C15H17N3O3S2. The average Bonchev–Trinajstić information content (AvgIpc) is 3.25. The molecule has 1 unspecified atom stereocenters. The van der Waals surface area contributed by atoms with Gasteiger partial charge in [-0.3, -0.25) is 10.1 Å². The van der Waals surface area contributed by atoms with Gasteiger partial charge in [0.1, 0.15) is 0 Å². The second-order valence-electron chi connectivity index (χ2n) is 4.87. The van der Waals surface area contributed by atoms with Crippen LogP contribution >= 0.6 is 23.1 Å². The van der Waals surface area contributed by atoms with E-state index in [4.69, 9.17) is 9.47 Å². The first-order valence-electron chi connectivity index (χ1n) is 7.01. The van der Waals surface area contributed by atoms with E-state index < -0.39 is 0 Å². The van der Waals surface area contributed by atoms with E-state index in [1.165, 1.54) is 11.3 Å². The second kappa shape index (κ2) is 7.20. The number of benzene rings is 1. The van der Waals surface area contributed by atoms with Crippen LogP contribution in [0.4, 0.5) is 5.13 Å². The Balaban J connectivity index is 1.75. The maximum absolute atomic E-state index is 12.1. The van der Waals surface area contributed by atoms with Crippen LogP contribution in [-0.2, 0) is 4.79 Å². The maximum atomic E-state index is 12.1. The fourth-order valence-electron chi connectivity index (χ4n) is 2.22. The van der Waals surface area contributed by atoms with E-state index in [2.05, 4.69) is 15.6 Å². The zero-order valence-corrected chi connectivity index (χ0v) is 14.4. The van der Waals surface area contributed by atoms with Gasteiger partial charge in [-0.15, -0.1) is 23.1 Å². The summed E-state index contributed by atoms with van der Waals surface area (Å²) in [7, 11) is 3.20. The summed E-state index contributed by atoms with van der Waals surface area (Å²) in [4.78, 5) is 16.6. The molecule has 1 aliphatic heterocycles. The van der Waals surface area contributed by atoms with Gasteiger partial charge in [0, 0.05) is 22.6 Å². The monoisotopic (exact) mass is 351 g/mol. The molecule has 1 atom stereocenters. The fraction of sp³-hybridized carbons (Fsp3) is 0.333. The summed E-state index contributed by atoms with van der Waals surface area (Å²) in [6.07, 6.45) is 0. The Labute approximate surface area is 142 Å². The molecule has 1 amide bonds. The average molecular weight is 351 g/mol. The summed E-state index contributed by atoms with van der Waals surface area (Å²) in [6.45, 7) is 0. The number of nitrogens with zero attached hydrogens (tertiary/aromatic N) is 1. The molecular weight excluding hydrogens is 334 g/mol. The van der Waals surface area contributed by atoms with Crippen molar-refractivity contribution in [2.45, 2.75) is 6.04 Å². The van der Waals surface area contributed by atoms with Crippen LogP contribution < -0.4 is 20.1 Å². The van der Waals surface area contributed by atoms with Crippen LogP contribution in [0.5, 0.6) is 11.5 Å². The molecule has 0 aliphatic carbocycles. The van der Waals surface area contributed by atoms with Gasteiger partial charge in [-0.1, -0.05) is 0 Å². The van der Waals surface area contributed by atoms with Gasteiger partial charge in [-0.25, -0.2) is 4.98 Å². The van der Waals surface area contributed by atoms with Crippen molar-refractivity contribution in [1.29, 1.82) is 0 Å². The number of methoxy groups -OCH3 is 2. The lowest BCUT2D eigenvalue weighted by atomic mass is 10.1. The number of carbonyl (C=O) groups excluding carboxylic acids is 1. The van der Waals surface area contributed by atoms with Gasteiger partial charge < -0.3 is 14.8 Å². The van der Waals surface area contributed by atoms with Crippen molar-refractivity contribution in [2.75, 3.05) is 31.2 Å². The Bertz CT molecular complexity index is 699. The molecule has 1 aromatic carbocycles.